The lowest BCUT2D eigenvalue weighted by molar-refractivity contribution is -0.131. The van der Waals surface area contributed by atoms with Crippen molar-refractivity contribution in [2.24, 2.45) is 0 Å². The monoisotopic (exact) mass is 139 g/mol. The average molecular weight is 139 g/mol. The van der Waals surface area contributed by atoms with E-state index in [1.54, 1.807) is 0 Å². The normalized spacial score (nSPS) is 10.4. The number of hydrogen-bond donors (Lipinski definition) is 1. The number of rotatable bonds is 2. The zero-order chi connectivity index (χ0) is 7.40. The number of aromatic nitrogens is 1. The van der Waals surface area contributed by atoms with E-state index in [1.165, 1.54) is 18.7 Å². The molecule has 0 aromatic carbocycles. The maximum absolute atomic E-state index is 9.95. The van der Waals surface area contributed by atoms with Gasteiger partial charge < -0.3 is 9.52 Å². The first-order valence-electron chi connectivity index (χ1n) is 2.58. The Balaban J connectivity index is 2.64. The Morgan fingerprint density at radius 2 is 2.60 bits per heavy atom. The molecule has 52 valence electrons. The Morgan fingerprint density at radius 3 is 3.10 bits per heavy atom. The Kier molecular flexibility index (Phi) is 1.84. The van der Waals surface area contributed by atoms with Crippen molar-refractivity contribution in [1.29, 1.82) is 0 Å². The van der Waals surface area contributed by atoms with Crippen LogP contribution in [0.5, 0.6) is 0 Å². The molecule has 4 heteroatoms. The van der Waals surface area contributed by atoms with Gasteiger partial charge in [-0.05, 0) is 6.08 Å². The molecule has 1 heterocycles. The van der Waals surface area contributed by atoms with E-state index in [0.717, 1.165) is 6.08 Å². The minimum Gasteiger partial charge on any atom is -0.478 e. The van der Waals surface area contributed by atoms with Gasteiger partial charge in [-0.25, -0.2) is 9.78 Å². The number of carbonyl (C=O) groups is 1. The fraction of sp³-hybridized carbons (Fsp3) is 0. The second-order valence-electron chi connectivity index (χ2n) is 1.58. The summed E-state index contributed by atoms with van der Waals surface area (Å²) in [5.41, 5.74) is 0. The average Bonchev–Trinajstić information content (AvgIpc) is 2.34. The quantitative estimate of drug-likeness (QED) is 0.614. The van der Waals surface area contributed by atoms with Gasteiger partial charge in [0.05, 0.1) is 6.20 Å². The van der Waals surface area contributed by atoms with Gasteiger partial charge in [0.25, 0.3) is 0 Å². The van der Waals surface area contributed by atoms with Crippen molar-refractivity contribution in [3.63, 3.8) is 0 Å². The van der Waals surface area contributed by atoms with E-state index < -0.39 is 5.97 Å². The topological polar surface area (TPSA) is 63.3 Å². The molecule has 0 saturated carbocycles. The summed E-state index contributed by atoms with van der Waals surface area (Å²) in [6.07, 6.45) is 4.98. The highest BCUT2D eigenvalue weighted by molar-refractivity contribution is 5.84. The third-order valence-corrected chi connectivity index (χ3v) is 0.842. The van der Waals surface area contributed by atoms with Crippen LogP contribution in [0.25, 0.3) is 6.08 Å². The van der Waals surface area contributed by atoms with Crippen molar-refractivity contribution in [1.82, 2.24) is 4.98 Å². The Morgan fingerprint density at radius 1 is 1.80 bits per heavy atom. The summed E-state index contributed by atoms with van der Waals surface area (Å²) in [5, 5.41) is 8.16. The summed E-state index contributed by atoms with van der Waals surface area (Å²) in [6, 6.07) is 0. The van der Waals surface area contributed by atoms with Gasteiger partial charge >= 0.3 is 5.97 Å². The van der Waals surface area contributed by atoms with Crippen LogP contribution in [0.3, 0.4) is 0 Å². The zero-order valence-electron chi connectivity index (χ0n) is 5.02. The first kappa shape index (κ1) is 6.54. The van der Waals surface area contributed by atoms with Crippen LogP contribution in [0, 0.1) is 0 Å². The van der Waals surface area contributed by atoms with Crippen molar-refractivity contribution >= 4 is 12.0 Å². The second kappa shape index (κ2) is 2.82. The van der Waals surface area contributed by atoms with Gasteiger partial charge in [0.1, 0.15) is 5.76 Å². The highest BCUT2D eigenvalue weighted by Gasteiger charge is 1.89. The molecule has 10 heavy (non-hydrogen) atoms. The lowest BCUT2D eigenvalue weighted by Gasteiger charge is -1.77. The summed E-state index contributed by atoms with van der Waals surface area (Å²) in [7, 11) is 0. The predicted octanol–water partition coefficient (Wildman–Crippen LogP) is 0.772. The van der Waals surface area contributed by atoms with Crippen LogP contribution in [0.2, 0.25) is 0 Å². The number of aliphatic carboxylic acids is 1. The summed E-state index contributed by atoms with van der Waals surface area (Å²) < 4.78 is 4.72. The molecule has 0 saturated heterocycles. The van der Waals surface area contributed by atoms with Gasteiger partial charge in [-0.3, -0.25) is 0 Å². The van der Waals surface area contributed by atoms with E-state index in [9.17, 15) is 4.79 Å². The Labute approximate surface area is 56.8 Å². The molecule has 0 bridgehead atoms. The van der Waals surface area contributed by atoms with Crippen molar-refractivity contribution in [3.8, 4) is 0 Å². The lowest BCUT2D eigenvalue weighted by Crippen LogP contribution is -1.84. The van der Waals surface area contributed by atoms with Gasteiger partial charge in [-0.15, -0.1) is 0 Å². The lowest BCUT2D eigenvalue weighted by atomic mass is 10.4. The Bertz CT molecular complexity index is 238. The molecule has 0 aliphatic rings. The molecule has 0 unspecified atom stereocenters. The molecule has 1 aromatic rings. The van der Waals surface area contributed by atoms with Gasteiger partial charge in [-0.2, -0.15) is 0 Å². The number of nitrogens with zero attached hydrogens (tertiary/aromatic N) is 1. The van der Waals surface area contributed by atoms with Gasteiger partial charge in [-0.1, -0.05) is 0 Å². The largest absolute Gasteiger partial charge is 0.478 e. The number of hydrogen-bond acceptors (Lipinski definition) is 3. The Hall–Kier alpha value is -1.58. The van der Waals surface area contributed by atoms with Crippen molar-refractivity contribution in [3.05, 3.63) is 24.4 Å². The third kappa shape index (κ3) is 1.74. The van der Waals surface area contributed by atoms with Crippen LogP contribution in [-0.2, 0) is 4.79 Å². The van der Waals surface area contributed by atoms with Crippen LogP contribution in [-0.4, -0.2) is 16.1 Å². The van der Waals surface area contributed by atoms with Gasteiger partial charge in [0.15, 0.2) is 6.39 Å². The van der Waals surface area contributed by atoms with E-state index in [-0.39, 0.29) is 0 Å². The van der Waals surface area contributed by atoms with E-state index >= 15 is 0 Å². The van der Waals surface area contributed by atoms with Crippen LogP contribution >= 0.6 is 0 Å². The molecule has 4 nitrogen and oxygen atoms in total. The molecule has 0 aliphatic heterocycles. The van der Waals surface area contributed by atoms with Gasteiger partial charge in [0.2, 0.25) is 0 Å². The smallest absolute Gasteiger partial charge is 0.328 e. The zero-order valence-corrected chi connectivity index (χ0v) is 5.02. The summed E-state index contributed by atoms with van der Waals surface area (Å²) >= 11 is 0. The van der Waals surface area contributed by atoms with Crippen LogP contribution in [0.1, 0.15) is 5.76 Å². The van der Waals surface area contributed by atoms with E-state index in [2.05, 4.69) is 4.98 Å². The molecular formula is C6H5NO3. The maximum Gasteiger partial charge on any atom is 0.328 e. The standard InChI is InChI=1S/C6H5NO3/c8-6(9)2-1-5-3-7-4-10-5/h1-4H,(H,8,9). The van der Waals surface area contributed by atoms with Gasteiger partial charge in [0, 0.05) is 6.08 Å². The summed E-state index contributed by atoms with van der Waals surface area (Å²) in [6.45, 7) is 0. The summed E-state index contributed by atoms with van der Waals surface area (Å²) in [4.78, 5) is 13.5. The molecule has 0 atom stereocenters. The molecule has 0 spiro atoms. The SMILES string of the molecule is O=C(O)C=Cc1cnco1. The fourth-order valence-electron chi connectivity index (χ4n) is 0.461. The molecular weight excluding hydrogens is 134 g/mol. The molecule has 0 amide bonds. The molecule has 0 radical (unpaired) electrons. The van der Waals surface area contributed by atoms with Crippen molar-refractivity contribution in [2.45, 2.75) is 0 Å². The third-order valence-electron chi connectivity index (χ3n) is 0.842. The van der Waals surface area contributed by atoms with E-state index in [0.29, 0.717) is 5.76 Å². The minimum atomic E-state index is -1.00. The first-order valence-corrected chi connectivity index (χ1v) is 2.58. The van der Waals surface area contributed by atoms with E-state index in [4.69, 9.17) is 9.52 Å². The predicted molar refractivity (Wildman–Crippen MR) is 33.2 cm³/mol. The van der Waals surface area contributed by atoms with Crippen molar-refractivity contribution in [2.75, 3.05) is 0 Å². The molecule has 1 N–H and O–H groups in total. The fourth-order valence-corrected chi connectivity index (χ4v) is 0.461. The van der Waals surface area contributed by atoms with E-state index in [1.807, 2.05) is 0 Å². The molecule has 1 rings (SSSR count). The van der Waals surface area contributed by atoms with Crippen molar-refractivity contribution < 1.29 is 14.3 Å². The molecule has 0 fully saturated rings. The number of carboxylic acid groups (broad SMARTS) is 1. The molecule has 1 aromatic heterocycles. The number of oxazole rings is 1. The summed E-state index contributed by atoms with van der Waals surface area (Å²) in [5.74, 6) is -0.571. The first-order chi connectivity index (χ1) is 4.79. The highest BCUT2D eigenvalue weighted by Crippen LogP contribution is 1.97. The second-order valence-corrected chi connectivity index (χ2v) is 1.58. The molecule has 0 aliphatic carbocycles. The van der Waals surface area contributed by atoms with Crippen LogP contribution in [0.15, 0.2) is 23.1 Å². The minimum absolute atomic E-state index is 0.433. The van der Waals surface area contributed by atoms with Crippen LogP contribution in [0.4, 0.5) is 0 Å². The van der Waals surface area contributed by atoms with Crippen LogP contribution < -0.4 is 0 Å². The number of carboxylic acids is 1. The maximum atomic E-state index is 9.95. The highest BCUT2D eigenvalue weighted by atomic mass is 16.4.